The first-order chi connectivity index (χ1) is 14.4. The van der Waals surface area contributed by atoms with E-state index in [0.29, 0.717) is 23.0 Å². The molecule has 11 heteroatoms. The van der Waals surface area contributed by atoms with Crippen LogP contribution in [0.3, 0.4) is 0 Å². The highest BCUT2D eigenvalue weighted by molar-refractivity contribution is 8.00. The molecule has 1 aromatic heterocycles. The minimum Gasteiger partial charge on any atom is -0.452 e. The third-order valence-corrected chi connectivity index (χ3v) is 5.52. The van der Waals surface area contributed by atoms with Gasteiger partial charge in [-0.25, -0.2) is 4.79 Å². The molecular weight excluding hydrogens is 430 g/mol. The van der Waals surface area contributed by atoms with E-state index in [1.54, 1.807) is 36.8 Å². The SMILES string of the molecule is COCCNC(=O)CSc1ccccc1C(=O)OCC(=O)Nc1sccc1C(N)=O. The zero-order chi connectivity index (χ0) is 21.9. The predicted molar refractivity (Wildman–Crippen MR) is 114 cm³/mol. The first-order valence-electron chi connectivity index (χ1n) is 8.74. The van der Waals surface area contributed by atoms with E-state index < -0.39 is 24.4 Å². The minimum atomic E-state index is -0.700. The lowest BCUT2D eigenvalue weighted by Crippen LogP contribution is -2.28. The number of anilines is 1. The Morgan fingerprint density at radius 1 is 1.10 bits per heavy atom. The number of hydrogen-bond acceptors (Lipinski definition) is 8. The van der Waals surface area contributed by atoms with Crippen molar-refractivity contribution in [2.24, 2.45) is 5.73 Å². The number of rotatable bonds is 11. The molecule has 9 nitrogen and oxygen atoms in total. The van der Waals surface area contributed by atoms with Crippen molar-refractivity contribution in [3.63, 3.8) is 0 Å². The molecule has 1 aromatic carbocycles. The second-order valence-corrected chi connectivity index (χ2v) is 7.71. The zero-order valence-corrected chi connectivity index (χ0v) is 17.8. The number of amides is 3. The van der Waals surface area contributed by atoms with Crippen LogP contribution in [0.25, 0.3) is 0 Å². The van der Waals surface area contributed by atoms with Crippen molar-refractivity contribution in [1.29, 1.82) is 0 Å². The van der Waals surface area contributed by atoms with Gasteiger partial charge in [-0.15, -0.1) is 23.1 Å². The number of methoxy groups -OCH3 is 1. The standard InChI is InChI=1S/C19H21N3O6S2/c1-27-8-7-21-16(24)11-30-14-5-3-2-4-12(14)19(26)28-10-15(23)22-18-13(17(20)25)6-9-29-18/h2-6,9H,7-8,10-11H2,1H3,(H2,20,25)(H,21,24)(H,22,23). The van der Waals surface area contributed by atoms with Crippen LogP contribution in [0.1, 0.15) is 20.7 Å². The highest BCUT2D eigenvalue weighted by atomic mass is 32.2. The van der Waals surface area contributed by atoms with E-state index in [-0.39, 0.29) is 22.8 Å². The quantitative estimate of drug-likeness (QED) is 0.267. The summed E-state index contributed by atoms with van der Waals surface area (Å²) in [5.74, 6) is -2.05. The summed E-state index contributed by atoms with van der Waals surface area (Å²) >= 11 is 2.31. The van der Waals surface area contributed by atoms with Gasteiger partial charge in [0.2, 0.25) is 5.91 Å². The fraction of sp³-hybridized carbons (Fsp3) is 0.263. The summed E-state index contributed by atoms with van der Waals surface area (Å²) in [6.45, 7) is 0.273. The fourth-order valence-corrected chi connectivity index (χ4v) is 3.90. The monoisotopic (exact) mass is 451 g/mol. The van der Waals surface area contributed by atoms with Gasteiger partial charge in [0, 0.05) is 18.6 Å². The summed E-state index contributed by atoms with van der Waals surface area (Å²) in [6.07, 6.45) is 0. The van der Waals surface area contributed by atoms with E-state index in [9.17, 15) is 19.2 Å². The molecule has 0 fully saturated rings. The molecule has 0 unspecified atom stereocenters. The maximum atomic E-state index is 12.4. The Morgan fingerprint density at radius 3 is 2.60 bits per heavy atom. The number of ether oxygens (including phenoxy) is 2. The van der Waals surface area contributed by atoms with Crippen LogP contribution in [0.2, 0.25) is 0 Å². The molecule has 3 amide bonds. The molecule has 0 aliphatic rings. The molecule has 160 valence electrons. The number of nitrogens with one attached hydrogen (secondary N) is 2. The van der Waals surface area contributed by atoms with Gasteiger partial charge in [0.05, 0.1) is 23.5 Å². The topological polar surface area (TPSA) is 137 Å². The first-order valence-corrected chi connectivity index (χ1v) is 10.6. The van der Waals surface area contributed by atoms with Crippen LogP contribution < -0.4 is 16.4 Å². The molecule has 0 spiro atoms. The number of hydrogen-bond donors (Lipinski definition) is 3. The Bertz CT molecular complexity index is 915. The Kier molecular flexibility index (Phi) is 9.32. The zero-order valence-electron chi connectivity index (χ0n) is 16.1. The van der Waals surface area contributed by atoms with Gasteiger partial charge < -0.3 is 25.8 Å². The van der Waals surface area contributed by atoms with Crippen LogP contribution in [-0.4, -0.2) is 56.3 Å². The highest BCUT2D eigenvalue weighted by Crippen LogP contribution is 2.24. The van der Waals surface area contributed by atoms with Crippen molar-refractivity contribution < 1.29 is 28.7 Å². The molecule has 0 saturated heterocycles. The second kappa shape index (κ2) is 12.0. The van der Waals surface area contributed by atoms with Crippen LogP contribution >= 0.6 is 23.1 Å². The lowest BCUT2D eigenvalue weighted by atomic mass is 10.2. The highest BCUT2D eigenvalue weighted by Gasteiger charge is 2.17. The average molecular weight is 452 g/mol. The molecule has 2 rings (SSSR count). The third kappa shape index (κ3) is 7.17. The molecule has 0 atom stereocenters. The number of benzene rings is 1. The van der Waals surface area contributed by atoms with Crippen LogP contribution in [0.4, 0.5) is 5.00 Å². The van der Waals surface area contributed by atoms with E-state index in [1.165, 1.54) is 17.8 Å². The Hall–Kier alpha value is -2.89. The van der Waals surface area contributed by atoms with Gasteiger partial charge in [0.1, 0.15) is 5.00 Å². The van der Waals surface area contributed by atoms with Crippen molar-refractivity contribution in [3.05, 3.63) is 46.8 Å². The Balaban J connectivity index is 1.89. The van der Waals surface area contributed by atoms with Gasteiger partial charge >= 0.3 is 5.97 Å². The maximum Gasteiger partial charge on any atom is 0.339 e. The number of thioether (sulfide) groups is 1. The number of esters is 1. The number of thiophene rings is 1. The van der Waals surface area contributed by atoms with E-state index in [4.69, 9.17) is 15.2 Å². The molecule has 0 aliphatic carbocycles. The molecule has 4 N–H and O–H groups in total. The third-order valence-electron chi connectivity index (χ3n) is 3.61. The van der Waals surface area contributed by atoms with Gasteiger partial charge in [0.15, 0.2) is 6.61 Å². The Morgan fingerprint density at radius 2 is 1.87 bits per heavy atom. The van der Waals surface area contributed by atoms with Crippen LogP contribution in [0.5, 0.6) is 0 Å². The van der Waals surface area contributed by atoms with Crippen LogP contribution in [-0.2, 0) is 19.1 Å². The van der Waals surface area contributed by atoms with Crippen LogP contribution in [0, 0.1) is 0 Å². The van der Waals surface area contributed by atoms with Gasteiger partial charge in [-0.3, -0.25) is 14.4 Å². The lowest BCUT2D eigenvalue weighted by molar-refractivity contribution is -0.119. The summed E-state index contributed by atoms with van der Waals surface area (Å²) in [7, 11) is 1.54. The van der Waals surface area contributed by atoms with Gasteiger partial charge in [0.25, 0.3) is 11.8 Å². The molecular formula is C19H21N3O6S2. The van der Waals surface area contributed by atoms with E-state index in [0.717, 1.165) is 11.3 Å². The largest absolute Gasteiger partial charge is 0.452 e. The van der Waals surface area contributed by atoms with Crippen molar-refractivity contribution in [2.75, 3.05) is 37.9 Å². The van der Waals surface area contributed by atoms with E-state index >= 15 is 0 Å². The predicted octanol–water partition coefficient (Wildman–Crippen LogP) is 1.50. The summed E-state index contributed by atoms with van der Waals surface area (Å²) in [5, 5.41) is 7.08. The molecule has 30 heavy (non-hydrogen) atoms. The summed E-state index contributed by atoms with van der Waals surface area (Å²) in [6, 6.07) is 8.12. The summed E-state index contributed by atoms with van der Waals surface area (Å²) < 4.78 is 9.94. The Labute approximate surface area is 181 Å². The van der Waals surface area contributed by atoms with Gasteiger partial charge in [-0.1, -0.05) is 12.1 Å². The van der Waals surface area contributed by atoms with Gasteiger partial charge in [-0.2, -0.15) is 0 Å². The first kappa shape index (κ1) is 23.4. The number of carbonyl (C=O) groups excluding carboxylic acids is 4. The van der Waals surface area contributed by atoms with Crippen molar-refractivity contribution in [3.8, 4) is 0 Å². The van der Waals surface area contributed by atoms with Crippen molar-refractivity contribution in [2.45, 2.75) is 4.90 Å². The molecule has 0 saturated carbocycles. The number of nitrogens with two attached hydrogens (primary N) is 1. The molecule has 1 heterocycles. The fourth-order valence-electron chi connectivity index (χ4n) is 2.22. The lowest BCUT2D eigenvalue weighted by Gasteiger charge is -2.10. The van der Waals surface area contributed by atoms with E-state index in [1.807, 2.05) is 0 Å². The van der Waals surface area contributed by atoms with Crippen LogP contribution in [0.15, 0.2) is 40.6 Å². The average Bonchev–Trinajstić information content (AvgIpc) is 3.19. The normalized spacial score (nSPS) is 10.3. The molecule has 0 radical (unpaired) electrons. The molecule has 2 aromatic rings. The van der Waals surface area contributed by atoms with Gasteiger partial charge in [-0.05, 0) is 23.6 Å². The second-order valence-electron chi connectivity index (χ2n) is 5.78. The summed E-state index contributed by atoms with van der Waals surface area (Å²) in [4.78, 5) is 48.1. The maximum absolute atomic E-state index is 12.4. The number of carbonyl (C=O) groups is 4. The number of primary amides is 1. The summed E-state index contributed by atoms with van der Waals surface area (Å²) in [5.41, 5.74) is 5.66. The van der Waals surface area contributed by atoms with Crippen molar-refractivity contribution in [1.82, 2.24) is 5.32 Å². The molecule has 0 aliphatic heterocycles. The smallest absolute Gasteiger partial charge is 0.339 e. The van der Waals surface area contributed by atoms with Crippen molar-refractivity contribution >= 4 is 51.8 Å². The minimum absolute atomic E-state index is 0.114. The molecule has 0 bridgehead atoms. The van der Waals surface area contributed by atoms with E-state index in [2.05, 4.69) is 10.6 Å².